The molecule has 3 N–H and O–H groups in total. The number of benzene rings is 1. The van der Waals surface area contributed by atoms with Gasteiger partial charge in [-0.1, -0.05) is 30.3 Å². The van der Waals surface area contributed by atoms with Gasteiger partial charge in [-0.3, -0.25) is 11.3 Å². The second-order valence-electron chi connectivity index (χ2n) is 3.85. The highest BCUT2D eigenvalue weighted by atomic mass is 16.5. The van der Waals surface area contributed by atoms with Crippen LogP contribution in [0.3, 0.4) is 0 Å². The lowest BCUT2D eigenvalue weighted by atomic mass is 10.2. The number of nitrogens with one attached hydrogen (secondary N) is 1. The van der Waals surface area contributed by atoms with E-state index >= 15 is 0 Å². The molecule has 0 bridgehead atoms. The monoisotopic (exact) mass is 238 g/mol. The van der Waals surface area contributed by atoms with E-state index < -0.39 is 0 Å². The summed E-state index contributed by atoms with van der Waals surface area (Å²) in [5.41, 5.74) is 3.92. The molecule has 0 radical (unpaired) electrons. The van der Waals surface area contributed by atoms with Crippen molar-refractivity contribution in [3.8, 4) is 0 Å². The van der Waals surface area contributed by atoms with Crippen molar-refractivity contribution in [3.05, 3.63) is 35.9 Å². The molecule has 0 heterocycles. The molecule has 1 rings (SSSR count). The van der Waals surface area contributed by atoms with Crippen LogP contribution in [0.15, 0.2) is 30.3 Å². The maximum absolute atomic E-state index is 5.58. The molecule has 0 aromatic heterocycles. The van der Waals surface area contributed by atoms with Crippen LogP contribution in [0.5, 0.6) is 0 Å². The van der Waals surface area contributed by atoms with Gasteiger partial charge in [0.25, 0.3) is 0 Å². The molecule has 1 aromatic rings. The third kappa shape index (κ3) is 6.38. The molecule has 0 fully saturated rings. The largest absolute Gasteiger partial charge is 0.380 e. The lowest BCUT2D eigenvalue weighted by molar-refractivity contribution is 0.0819. The molecule has 0 amide bonds. The molecule has 1 aromatic carbocycles. The lowest BCUT2D eigenvalue weighted by Crippen LogP contribution is -2.39. The number of nitrogens with two attached hydrogens (primary N) is 1. The SMILES string of the molecule is CCOCC(CCOCc1ccccc1)NN. The number of hydrogen-bond donors (Lipinski definition) is 2. The van der Waals surface area contributed by atoms with Gasteiger partial charge in [-0.05, 0) is 18.9 Å². The van der Waals surface area contributed by atoms with E-state index in [0.717, 1.165) is 6.42 Å². The molecule has 0 saturated heterocycles. The number of hydrazine groups is 1. The van der Waals surface area contributed by atoms with Crippen molar-refractivity contribution in [2.24, 2.45) is 5.84 Å². The molecule has 4 nitrogen and oxygen atoms in total. The summed E-state index contributed by atoms with van der Waals surface area (Å²) >= 11 is 0. The minimum absolute atomic E-state index is 0.158. The van der Waals surface area contributed by atoms with Crippen LogP contribution < -0.4 is 11.3 Å². The van der Waals surface area contributed by atoms with Gasteiger partial charge in [-0.25, -0.2) is 0 Å². The summed E-state index contributed by atoms with van der Waals surface area (Å²) in [7, 11) is 0. The summed E-state index contributed by atoms with van der Waals surface area (Å²) in [6.45, 7) is 4.63. The number of hydrogen-bond acceptors (Lipinski definition) is 4. The van der Waals surface area contributed by atoms with Crippen molar-refractivity contribution in [2.45, 2.75) is 26.0 Å². The first kappa shape index (κ1) is 14.1. The molecule has 0 aliphatic carbocycles. The van der Waals surface area contributed by atoms with Gasteiger partial charge < -0.3 is 9.47 Å². The molecule has 0 saturated carbocycles. The van der Waals surface area contributed by atoms with Gasteiger partial charge in [0.1, 0.15) is 0 Å². The third-order valence-electron chi connectivity index (χ3n) is 2.48. The predicted octanol–water partition coefficient (Wildman–Crippen LogP) is 1.46. The topological polar surface area (TPSA) is 56.5 Å². The van der Waals surface area contributed by atoms with Crippen molar-refractivity contribution in [1.29, 1.82) is 0 Å². The van der Waals surface area contributed by atoms with Crippen molar-refractivity contribution in [2.75, 3.05) is 19.8 Å². The maximum Gasteiger partial charge on any atom is 0.0716 e. The Morgan fingerprint density at radius 1 is 1.24 bits per heavy atom. The van der Waals surface area contributed by atoms with Crippen molar-refractivity contribution in [1.82, 2.24) is 5.43 Å². The summed E-state index contributed by atoms with van der Waals surface area (Å²) in [6, 6.07) is 10.3. The standard InChI is InChI=1S/C13H22N2O2/c1-2-16-11-13(15-14)8-9-17-10-12-6-4-3-5-7-12/h3-7,13,15H,2,8-11,14H2,1H3. The quantitative estimate of drug-likeness (QED) is 0.388. The Bertz CT molecular complexity index is 280. The smallest absolute Gasteiger partial charge is 0.0716 e. The molecule has 1 atom stereocenters. The maximum atomic E-state index is 5.58. The van der Waals surface area contributed by atoms with Crippen molar-refractivity contribution < 1.29 is 9.47 Å². The average Bonchev–Trinajstić information content (AvgIpc) is 2.39. The van der Waals surface area contributed by atoms with E-state index in [4.69, 9.17) is 15.3 Å². The zero-order valence-electron chi connectivity index (χ0n) is 10.4. The molecule has 4 heteroatoms. The summed E-state index contributed by atoms with van der Waals surface area (Å²) in [4.78, 5) is 0. The van der Waals surface area contributed by atoms with Gasteiger partial charge in [-0.15, -0.1) is 0 Å². The van der Waals surface area contributed by atoms with Gasteiger partial charge in [0, 0.05) is 19.3 Å². The highest BCUT2D eigenvalue weighted by Gasteiger charge is 2.05. The lowest BCUT2D eigenvalue weighted by Gasteiger charge is -2.15. The van der Waals surface area contributed by atoms with Crippen LogP contribution >= 0.6 is 0 Å². The predicted molar refractivity (Wildman–Crippen MR) is 68.3 cm³/mol. The van der Waals surface area contributed by atoms with Crippen LogP contribution in [-0.2, 0) is 16.1 Å². The fourth-order valence-corrected chi connectivity index (χ4v) is 1.46. The van der Waals surface area contributed by atoms with Crippen molar-refractivity contribution in [3.63, 3.8) is 0 Å². The Balaban J connectivity index is 2.10. The summed E-state index contributed by atoms with van der Waals surface area (Å²) < 4.78 is 10.9. The molecule has 0 aliphatic heterocycles. The Morgan fingerprint density at radius 3 is 2.65 bits per heavy atom. The summed E-state index contributed by atoms with van der Waals surface area (Å²) in [5.74, 6) is 5.42. The molecular formula is C13H22N2O2. The van der Waals surface area contributed by atoms with E-state index in [0.29, 0.717) is 26.4 Å². The third-order valence-corrected chi connectivity index (χ3v) is 2.48. The van der Waals surface area contributed by atoms with Crippen molar-refractivity contribution >= 4 is 0 Å². The Labute approximate surface area is 103 Å². The fraction of sp³-hybridized carbons (Fsp3) is 0.538. The van der Waals surface area contributed by atoms with Crippen LogP contribution in [0.25, 0.3) is 0 Å². The molecule has 17 heavy (non-hydrogen) atoms. The van der Waals surface area contributed by atoms with Crippen LogP contribution in [0.1, 0.15) is 18.9 Å². The first-order valence-corrected chi connectivity index (χ1v) is 6.02. The number of ether oxygens (including phenoxy) is 2. The highest BCUT2D eigenvalue weighted by molar-refractivity contribution is 5.13. The first-order valence-electron chi connectivity index (χ1n) is 6.02. The van der Waals surface area contributed by atoms with Crippen LogP contribution in [-0.4, -0.2) is 25.9 Å². The normalized spacial score (nSPS) is 12.6. The Morgan fingerprint density at radius 2 is 2.00 bits per heavy atom. The second kappa shape index (κ2) is 9.13. The van der Waals surface area contributed by atoms with Gasteiger partial charge in [0.15, 0.2) is 0 Å². The van der Waals surface area contributed by atoms with E-state index in [9.17, 15) is 0 Å². The van der Waals surface area contributed by atoms with E-state index in [1.807, 2.05) is 25.1 Å². The molecule has 0 aliphatic rings. The zero-order valence-corrected chi connectivity index (χ0v) is 10.4. The van der Waals surface area contributed by atoms with E-state index in [-0.39, 0.29) is 6.04 Å². The zero-order chi connectivity index (χ0) is 12.3. The minimum Gasteiger partial charge on any atom is -0.380 e. The van der Waals surface area contributed by atoms with Crippen LogP contribution in [0.4, 0.5) is 0 Å². The second-order valence-corrected chi connectivity index (χ2v) is 3.85. The van der Waals surface area contributed by atoms with Gasteiger partial charge >= 0.3 is 0 Å². The minimum atomic E-state index is 0.158. The molecule has 96 valence electrons. The van der Waals surface area contributed by atoms with Crippen LogP contribution in [0, 0.1) is 0 Å². The molecule has 1 unspecified atom stereocenters. The first-order chi connectivity index (χ1) is 8.36. The highest BCUT2D eigenvalue weighted by Crippen LogP contribution is 2.01. The van der Waals surface area contributed by atoms with Crippen LogP contribution in [0.2, 0.25) is 0 Å². The molecular weight excluding hydrogens is 216 g/mol. The van der Waals surface area contributed by atoms with Gasteiger partial charge in [0.05, 0.1) is 13.2 Å². The van der Waals surface area contributed by atoms with E-state index in [1.54, 1.807) is 0 Å². The molecule has 0 spiro atoms. The number of rotatable bonds is 9. The van der Waals surface area contributed by atoms with E-state index in [1.165, 1.54) is 5.56 Å². The van der Waals surface area contributed by atoms with Gasteiger partial charge in [-0.2, -0.15) is 0 Å². The Hall–Kier alpha value is -0.940. The summed E-state index contributed by atoms with van der Waals surface area (Å²) in [5, 5.41) is 0. The Kier molecular flexibility index (Phi) is 7.58. The van der Waals surface area contributed by atoms with E-state index in [2.05, 4.69) is 17.6 Å². The fourth-order valence-electron chi connectivity index (χ4n) is 1.46. The summed E-state index contributed by atoms with van der Waals surface area (Å²) in [6.07, 6.45) is 0.851. The van der Waals surface area contributed by atoms with Gasteiger partial charge in [0.2, 0.25) is 0 Å². The average molecular weight is 238 g/mol.